The first kappa shape index (κ1) is 13.3. The van der Waals surface area contributed by atoms with E-state index in [2.05, 4.69) is 30.1 Å². The van der Waals surface area contributed by atoms with Crippen molar-refractivity contribution < 1.29 is 4.42 Å². The van der Waals surface area contributed by atoms with Gasteiger partial charge in [-0.15, -0.1) is 0 Å². The van der Waals surface area contributed by atoms with E-state index in [-0.39, 0.29) is 0 Å². The van der Waals surface area contributed by atoms with Crippen molar-refractivity contribution in [1.29, 1.82) is 0 Å². The highest BCUT2D eigenvalue weighted by atomic mass is 16.3. The first-order chi connectivity index (χ1) is 7.67. The zero-order chi connectivity index (χ0) is 12.0. The van der Waals surface area contributed by atoms with Crippen LogP contribution in [0.25, 0.3) is 0 Å². The van der Waals surface area contributed by atoms with Crippen molar-refractivity contribution in [3.63, 3.8) is 0 Å². The lowest BCUT2D eigenvalue weighted by atomic mass is 10.2. The van der Waals surface area contributed by atoms with Gasteiger partial charge in [0.25, 0.3) is 0 Å². The number of aryl methyl sites for hydroxylation is 2. The van der Waals surface area contributed by atoms with E-state index in [1.165, 1.54) is 5.56 Å². The van der Waals surface area contributed by atoms with Crippen molar-refractivity contribution in [3.05, 3.63) is 23.2 Å². The molecule has 0 unspecified atom stereocenters. The van der Waals surface area contributed by atoms with Crippen LogP contribution in [-0.2, 0) is 6.54 Å². The van der Waals surface area contributed by atoms with Gasteiger partial charge >= 0.3 is 0 Å². The van der Waals surface area contributed by atoms with Crippen LogP contribution in [0.5, 0.6) is 0 Å². The molecule has 3 heteroatoms. The smallest absolute Gasteiger partial charge is 0.105 e. The monoisotopic (exact) mass is 224 g/mol. The molecular formula is C13H24N2O. The lowest BCUT2D eigenvalue weighted by molar-refractivity contribution is 0.302. The second-order valence-electron chi connectivity index (χ2n) is 4.14. The molecule has 0 spiro atoms. The Morgan fingerprint density at radius 2 is 1.94 bits per heavy atom. The number of furan rings is 1. The van der Waals surface area contributed by atoms with E-state index < -0.39 is 0 Å². The van der Waals surface area contributed by atoms with E-state index in [0.29, 0.717) is 0 Å². The van der Waals surface area contributed by atoms with Crippen LogP contribution < -0.4 is 5.32 Å². The van der Waals surface area contributed by atoms with E-state index in [1.807, 2.05) is 13.8 Å². The minimum atomic E-state index is 0.907. The van der Waals surface area contributed by atoms with E-state index in [0.717, 1.165) is 44.2 Å². The first-order valence-corrected chi connectivity index (χ1v) is 6.16. The number of hydrogen-bond donors (Lipinski definition) is 1. The molecule has 1 aromatic rings. The van der Waals surface area contributed by atoms with Crippen LogP contribution in [-0.4, -0.2) is 31.1 Å². The number of nitrogens with one attached hydrogen (secondary N) is 1. The zero-order valence-corrected chi connectivity index (χ0v) is 11.0. The Morgan fingerprint density at radius 1 is 1.25 bits per heavy atom. The average Bonchev–Trinajstić information content (AvgIpc) is 2.58. The fraction of sp³-hybridized carbons (Fsp3) is 0.692. The van der Waals surface area contributed by atoms with Gasteiger partial charge < -0.3 is 14.6 Å². The van der Waals surface area contributed by atoms with Gasteiger partial charge in [-0.25, -0.2) is 0 Å². The minimum Gasteiger partial charge on any atom is -0.466 e. The molecule has 0 amide bonds. The second kappa shape index (κ2) is 6.71. The lowest BCUT2D eigenvalue weighted by Crippen LogP contribution is -2.31. The first-order valence-electron chi connectivity index (χ1n) is 6.16. The zero-order valence-electron chi connectivity index (χ0n) is 11.0. The van der Waals surface area contributed by atoms with Crippen LogP contribution in [0.3, 0.4) is 0 Å². The van der Waals surface area contributed by atoms with Crippen LogP contribution >= 0.6 is 0 Å². The maximum absolute atomic E-state index is 5.48. The molecule has 0 radical (unpaired) electrons. The number of rotatable bonds is 7. The van der Waals surface area contributed by atoms with Gasteiger partial charge in [-0.3, -0.25) is 0 Å². The Bertz CT molecular complexity index is 303. The van der Waals surface area contributed by atoms with Crippen LogP contribution in [0, 0.1) is 13.8 Å². The standard InChI is InChI=1S/C13H24N2O/c1-5-15(6-2)8-7-14-10-13-9-11(3)16-12(13)4/h9,14H,5-8,10H2,1-4H3. The number of likely N-dealkylation sites (N-methyl/N-ethyl adjacent to an activating group) is 1. The molecule has 0 aliphatic carbocycles. The highest BCUT2D eigenvalue weighted by Crippen LogP contribution is 2.12. The summed E-state index contributed by atoms with van der Waals surface area (Å²) in [7, 11) is 0. The topological polar surface area (TPSA) is 28.4 Å². The minimum absolute atomic E-state index is 0.907. The Balaban J connectivity index is 2.23. The Labute approximate surface area is 98.8 Å². The fourth-order valence-electron chi connectivity index (χ4n) is 1.86. The third kappa shape index (κ3) is 3.99. The molecule has 1 rings (SSSR count). The predicted molar refractivity (Wildman–Crippen MR) is 67.7 cm³/mol. The molecule has 0 aliphatic heterocycles. The van der Waals surface area contributed by atoms with Crippen LogP contribution in [0.4, 0.5) is 0 Å². The maximum Gasteiger partial charge on any atom is 0.105 e. The summed E-state index contributed by atoms with van der Waals surface area (Å²) in [6.07, 6.45) is 0. The molecular weight excluding hydrogens is 200 g/mol. The van der Waals surface area contributed by atoms with Crippen LogP contribution in [0.2, 0.25) is 0 Å². The molecule has 0 saturated carbocycles. The van der Waals surface area contributed by atoms with Gasteiger partial charge in [-0.2, -0.15) is 0 Å². The summed E-state index contributed by atoms with van der Waals surface area (Å²) in [4.78, 5) is 2.42. The van der Waals surface area contributed by atoms with Crippen molar-refractivity contribution >= 4 is 0 Å². The maximum atomic E-state index is 5.48. The molecule has 3 nitrogen and oxygen atoms in total. The molecule has 1 heterocycles. The van der Waals surface area contributed by atoms with Crippen molar-refractivity contribution in [2.24, 2.45) is 0 Å². The van der Waals surface area contributed by atoms with Gasteiger partial charge in [0.05, 0.1) is 0 Å². The summed E-state index contributed by atoms with van der Waals surface area (Å²) >= 11 is 0. The molecule has 92 valence electrons. The molecule has 0 aliphatic rings. The summed E-state index contributed by atoms with van der Waals surface area (Å²) in [5.74, 6) is 2.03. The highest BCUT2D eigenvalue weighted by Gasteiger charge is 2.04. The summed E-state index contributed by atoms with van der Waals surface area (Å²) in [6.45, 7) is 13.7. The van der Waals surface area contributed by atoms with E-state index in [1.54, 1.807) is 0 Å². The number of hydrogen-bond acceptors (Lipinski definition) is 3. The second-order valence-corrected chi connectivity index (χ2v) is 4.14. The van der Waals surface area contributed by atoms with Gasteiger partial charge in [0.15, 0.2) is 0 Å². The quantitative estimate of drug-likeness (QED) is 0.721. The van der Waals surface area contributed by atoms with Crippen molar-refractivity contribution in [2.45, 2.75) is 34.2 Å². The molecule has 1 N–H and O–H groups in total. The SMILES string of the molecule is CCN(CC)CCNCc1cc(C)oc1C. The van der Waals surface area contributed by atoms with Gasteiger partial charge in [-0.05, 0) is 33.0 Å². The van der Waals surface area contributed by atoms with Crippen molar-refractivity contribution in [2.75, 3.05) is 26.2 Å². The average molecular weight is 224 g/mol. The highest BCUT2D eigenvalue weighted by molar-refractivity contribution is 5.19. The normalized spacial score (nSPS) is 11.3. The van der Waals surface area contributed by atoms with Gasteiger partial charge in [0, 0.05) is 25.2 Å². The van der Waals surface area contributed by atoms with E-state index in [4.69, 9.17) is 4.42 Å². The Hall–Kier alpha value is -0.800. The van der Waals surface area contributed by atoms with Crippen LogP contribution in [0.15, 0.2) is 10.5 Å². The number of nitrogens with zero attached hydrogens (tertiary/aromatic N) is 1. The molecule has 0 saturated heterocycles. The molecule has 0 aromatic carbocycles. The molecule has 16 heavy (non-hydrogen) atoms. The van der Waals surface area contributed by atoms with E-state index in [9.17, 15) is 0 Å². The van der Waals surface area contributed by atoms with Crippen LogP contribution in [0.1, 0.15) is 30.9 Å². The van der Waals surface area contributed by atoms with Crippen molar-refractivity contribution in [1.82, 2.24) is 10.2 Å². The van der Waals surface area contributed by atoms with Gasteiger partial charge in [-0.1, -0.05) is 13.8 Å². The van der Waals surface area contributed by atoms with E-state index >= 15 is 0 Å². The third-order valence-corrected chi connectivity index (χ3v) is 2.96. The molecule has 1 aromatic heterocycles. The molecule has 0 atom stereocenters. The van der Waals surface area contributed by atoms with Gasteiger partial charge in [0.2, 0.25) is 0 Å². The molecule has 0 fully saturated rings. The summed E-state index contributed by atoms with van der Waals surface area (Å²) in [5.41, 5.74) is 1.28. The van der Waals surface area contributed by atoms with Gasteiger partial charge in [0.1, 0.15) is 11.5 Å². The fourth-order valence-corrected chi connectivity index (χ4v) is 1.86. The Morgan fingerprint density at radius 3 is 2.44 bits per heavy atom. The summed E-state index contributed by atoms with van der Waals surface area (Å²) in [5, 5.41) is 3.45. The predicted octanol–water partition coefficient (Wildman–Crippen LogP) is 2.33. The lowest BCUT2D eigenvalue weighted by Gasteiger charge is -2.17. The third-order valence-electron chi connectivity index (χ3n) is 2.96. The largest absolute Gasteiger partial charge is 0.466 e. The van der Waals surface area contributed by atoms with Crippen molar-refractivity contribution in [3.8, 4) is 0 Å². The molecule has 0 bridgehead atoms. The summed E-state index contributed by atoms with van der Waals surface area (Å²) in [6, 6.07) is 2.11. The summed E-state index contributed by atoms with van der Waals surface area (Å²) < 4.78 is 5.48. The Kier molecular flexibility index (Phi) is 5.56.